The van der Waals surface area contributed by atoms with Crippen LogP contribution in [0.1, 0.15) is 76.0 Å². The summed E-state index contributed by atoms with van der Waals surface area (Å²) in [5.41, 5.74) is 17.0. The summed E-state index contributed by atoms with van der Waals surface area (Å²) < 4.78 is 0. The fraction of sp³-hybridized carbons (Fsp3) is 0.130. The molecule has 69 heavy (non-hydrogen) atoms. The molecule has 0 heteroatoms. The van der Waals surface area contributed by atoms with Crippen LogP contribution in [-0.2, 0) is 0 Å². The largest absolute Gasteiger partial charge is 0.0622 e. The first-order chi connectivity index (χ1) is 33.8. The van der Waals surface area contributed by atoms with Gasteiger partial charge in [0.25, 0.3) is 0 Å². The van der Waals surface area contributed by atoms with E-state index < -0.39 is 0 Å². The number of hydrogen-bond acceptors (Lipinski definition) is 0. The molecule has 0 saturated heterocycles. The molecule has 0 aliphatic heterocycles. The SMILES string of the molecule is CC(C)c1cc(C(C)C)c(-c2ccc3c4c(-c5ccccc5-c5ccccc5)c5c(cc6c7ccccc7c7cccc5c76)c(-c5ccccc5-c5ccccc5)c4c4cccc2c43)c(C(C)C)c1. The minimum absolute atomic E-state index is 0.361. The molecule has 0 fully saturated rings. The van der Waals surface area contributed by atoms with E-state index in [-0.39, 0.29) is 0 Å². The summed E-state index contributed by atoms with van der Waals surface area (Å²) in [6.07, 6.45) is 0. The molecule has 13 rings (SSSR count). The molecule has 0 aliphatic carbocycles. The van der Waals surface area contributed by atoms with Crippen molar-refractivity contribution >= 4 is 75.4 Å². The minimum atomic E-state index is 0.361. The Bertz CT molecular complexity index is 4100. The Morgan fingerprint density at radius 1 is 0.232 bits per heavy atom. The lowest BCUT2D eigenvalue weighted by Gasteiger charge is -2.24. The zero-order valence-corrected chi connectivity index (χ0v) is 40.3. The van der Waals surface area contributed by atoms with Gasteiger partial charge >= 0.3 is 0 Å². The third-order valence-corrected chi connectivity index (χ3v) is 15.5. The highest BCUT2D eigenvalue weighted by Crippen LogP contribution is 2.57. The van der Waals surface area contributed by atoms with Crippen molar-refractivity contribution in [3.8, 4) is 55.6 Å². The molecule has 0 unspecified atom stereocenters. The average molecular weight is 883 g/mol. The molecule has 0 aliphatic rings. The van der Waals surface area contributed by atoms with Crippen molar-refractivity contribution in [1.29, 1.82) is 0 Å². The van der Waals surface area contributed by atoms with E-state index in [0.717, 1.165) is 0 Å². The Kier molecular flexibility index (Phi) is 9.54. The van der Waals surface area contributed by atoms with Crippen LogP contribution in [0.5, 0.6) is 0 Å². The molecular weight excluding hydrogens is 829 g/mol. The summed E-state index contributed by atoms with van der Waals surface area (Å²) in [4.78, 5) is 0. The Morgan fingerprint density at radius 3 is 1.25 bits per heavy atom. The molecule has 0 amide bonds. The first-order valence-corrected chi connectivity index (χ1v) is 25.0. The zero-order chi connectivity index (χ0) is 46.7. The number of benzene rings is 11. The predicted octanol–water partition coefficient (Wildman–Crippen LogP) is 20.3. The third kappa shape index (κ3) is 6.14. The second-order valence-electron chi connectivity index (χ2n) is 20.4. The Morgan fingerprint density at radius 2 is 0.667 bits per heavy atom. The van der Waals surface area contributed by atoms with E-state index >= 15 is 0 Å². The maximum Gasteiger partial charge on any atom is -0.000696 e. The third-order valence-electron chi connectivity index (χ3n) is 15.5. The van der Waals surface area contributed by atoms with Gasteiger partial charge in [0, 0.05) is 0 Å². The van der Waals surface area contributed by atoms with Gasteiger partial charge in [-0.05, 0) is 172 Å². The highest BCUT2D eigenvalue weighted by atomic mass is 14.3. The van der Waals surface area contributed by atoms with Crippen molar-refractivity contribution in [2.75, 3.05) is 0 Å². The molecule has 0 spiro atoms. The van der Waals surface area contributed by atoms with Crippen molar-refractivity contribution in [2.45, 2.75) is 59.3 Å². The molecule has 0 aromatic heterocycles. The molecule has 0 saturated carbocycles. The Labute approximate surface area is 405 Å². The van der Waals surface area contributed by atoms with E-state index in [0.29, 0.717) is 17.8 Å². The molecule has 0 radical (unpaired) electrons. The average Bonchev–Trinajstić information content (AvgIpc) is 3.89. The maximum absolute atomic E-state index is 2.58. The highest BCUT2D eigenvalue weighted by Gasteiger charge is 2.30. The number of hydrogen-bond donors (Lipinski definition) is 0. The summed E-state index contributed by atoms with van der Waals surface area (Å²) in [6, 6.07) is 76.2. The molecule has 0 nitrogen and oxygen atoms in total. The van der Waals surface area contributed by atoms with Crippen molar-refractivity contribution in [1.82, 2.24) is 0 Å². The van der Waals surface area contributed by atoms with E-state index in [9.17, 15) is 0 Å². The number of fused-ring (bicyclic) bond motifs is 8. The van der Waals surface area contributed by atoms with Gasteiger partial charge in [-0.25, -0.2) is 0 Å². The van der Waals surface area contributed by atoms with Gasteiger partial charge in [0.1, 0.15) is 0 Å². The topological polar surface area (TPSA) is 0 Å². The highest BCUT2D eigenvalue weighted by molar-refractivity contribution is 6.45. The Hall–Kier alpha value is -7.80. The lowest BCUT2D eigenvalue weighted by Crippen LogP contribution is -2.04. The first-order valence-electron chi connectivity index (χ1n) is 25.0. The van der Waals surface area contributed by atoms with E-state index in [1.165, 1.54) is 148 Å². The van der Waals surface area contributed by atoms with Crippen LogP contribution in [0.4, 0.5) is 0 Å². The maximum atomic E-state index is 2.58. The van der Waals surface area contributed by atoms with Crippen molar-refractivity contribution in [3.05, 3.63) is 217 Å². The van der Waals surface area contributed by atoms with Gasteiger partial charge in [0.05, 0.1) is 0 Å². The van der Waals surface area contributed by atoms with Gasteiger partial charge in [0.2, 0.25) is 0 Å². The van der Waals surface area contributed by atoms with Gasteiger partial charge in [0.15, 0.2) is 0 Å². The number of rotatable bonds is 8. The van der Waals surface area contributed by atoms with E-state index in [1.54, 1.807) is 0 Å². The normalized spacial score (nSPS) is 12.3. The summed E-state index contributed by atoms with van der Waals surface area (Å²) in [7, 11) is 0. The standard InChI is InChI=1S/C69H54/c1-40(2)45-37-58(41(3)4)64(59(38-45)42(5)6)54-35-36-57-62-53(54)32-20-34-56(62)68-65(50-29-17-13-25-46(50)43-21-9-7-10-22-43)61-39-60-49-28-16-15-27-48(49)52-31-19-33-55(63(52)60)66(61)67(69(57)68)51-30-18-14-26-47(51)44-23-11-8-12-24-44/h7-42H,1-6H3. The van der Waals surface area contributed by atoms with Gasteiger partial charge < -0.3 is 0 Å². The van der Waals surface area contributed by atoms with E-state index in [2.05, 4.69) is 242 Å². The predicted molar refractivity (Wildman–Crippen MR) is 301 cm³/mol. The molecule has 0 bridgehead atoms. The summed E-state index contributed by atoms with van der Waals surface area (Å²) >= 11 is 0. The van der Waals surface area contributed by atoms with Crippen LogP contribution in [0.3, 0.4) is 0 Å². The van der Waals surface area contributed by atoms with Crippen molar-refractivity contribution < 1.29 is 0 Å². The summed E-state index contributed by atoms with van der Waals surface area (Å²) in [6.45, 7) is 14.2. The molecule has 13 aromatic rings. The van der Waals surface area contributed by atoms with Gasteiger partial charge in [-0.3, -0.25) is 0 Å². The fourth-order valence-electron chi connectivity index (χ4n) is 12.4. The van der Waals surface area contributed by atoms with Crippen LogP contribution in [-0.4, -0.2) is 0 Å². The molecular formula is C69H54. The van der Waals surface area contributed by atoms with Gasteiger partial charge in [-0.1, -0.05) is 236 Å². The molecule has 0 heterocycles. The Balaban J connectivity index is 1.31. The van der Waals surface area contributed by atoms with E-state index in [1.807, 2.05) is 0 Å². The molecule has 330 valence electrons. The van der Waals surface area contributed by atoms with Crippen LogP contribution < -0.4 is 0 Å². The summed E-state index contributed by atoms with van der Waals surface area (Å²) in [5.74, 6) is 1.17. The molecule has 13 aromatic carbocycles. The lowest BCUT2D eigenvalue weighted by atomic mass is 9.80. The fourth-order valence-corrected chi connectivity index (χ4v) is 12.4. The lowest BCUT2D eigenvalue weighted by molar-refractivity contribution is 0.808. The van der Waals surface area contributed by atoms with Crippen LogP contribution >= 0.6 is 0 Å². The van der Waals surface area contributed by atoms with Crippen molar-refractivity contribution in [2.24, 2.45) is 0 Å². The smallest absolute Gasteiger partial charge is 0.000696 e. The summed E-state index contributed by atoms with van der Waals surface area (Å²) in [5, 5.41) is 18.4. The van der Waals surface area contributed by atoms with Crippen LogP contribution in [0.2, 0.25) is 0 Å². The van der Waals surface area contributed by atoms with Crippen LogP contribution in [0, 0.1) is 0 Å². The van der Waals surface area contributed by atoms with Crippen LogP contribution in [0.25, 0.3) is 131 Å². The molecule has 0 N–H and O–H groups in total. The second-order valence-corrected chi connectivity index (χ2v) is 20.4. The van der Waals surface area contributed by atoms with Gasteiger partial charge in [-0.15, -0.1) is 0 Å². The second kappa shape index (κ2) is 15.9. The monoisotopic (exact) mass is 882 g/mol. The zero-order valence-electron chi connectivity index (χ0n) is 40.3. The quantitative estimate of drug-likeness (QED) is 0.133. The van der Waals surface area contributed by atoms with E-state index in [4.69, 9.17) is 0 Å². The van der Waals surface area contributed by atoms with Gasteiger partial charge in [-0.2, -0.15) is 0 Å². The first kappa shape index (κ1) is 41.4. The minimum Gasteiger partial charge on any atom is -0.0622 e. The molecule has 0 atom stereocenters. The van der Waals surface area contributed by atoms with Crippen molar-refractivity contribution in [3.63, 3.8) is 0 Å². The van der Waals surface area contributed by atoms with Crippen LogP contribution in [0.15, 0.2) is 200 Å².